The van der Waals surface area contributed by atoms with E-state index in [0.29, 0.717) is 17.4 Å². The number of amides is 1. The third-order valence-corrected chi connectivity index (χ3v) is 5.46. The molecular weight excluding hydrogens is 270 g/mol. The maximum Gasteiger partial charge on any atom is 0.251 e. The average molecular weight is 285 g/mol. The van der Waals surface area contributed by atoms with E-state index < -0.39 is 0 Å². The Morgan fingerprint density at radius 2 is 2.17 bits per heavy atom. The lowest BCUT2D eigenvalue weighted by atomic mass is 10.2. The van der Waals surface area contributed by atoms with Gasteiger partial charge in [0.25, 0.3) is 5.91 Å². The van der Waals surface area contributed by atoms with Crippen molar-refractivity contribution in [3.63, 3.8) is 0 Å². The van der Waals surface area contributed by atoms with Gasteiger partial charge in [0.2, 0.25) is 0 Å². The Morgan fingerprint density at radius 3 is 2.83 bits per heavy atom. The zero-order valence-corrected chi connectivity index (χ0v) is 11.4. The van der Waals surface area contributed by atoms with Crippen LogP contribution in [0.4, 0.5) is 0 Å². The molecule has 0 aliphatic carbocycles. The van der Waals surface area contributed by atoms with Crippen molar-refractivity contribution in [2.45, 2.75) is 5.25 Å². The number of carbonyl (C=O) groups excluding carboxylic acids is 1. The van der Waals surface area contributed by atoms with E-state index in [1.54, 1.807) is 0 Å². The van der Waals surface area contributed by atoms with Gasteiger partial charge in [-0.15, -0.1) is 0 Å². The van der Waals surface area contributed by atoms with E-state index in [1.165, 1.54) is 24.0 Å². The molecule has 0 bridgehead atoms. The van der Waals surface area contributed by atoms with Crippen LogP contribution in [0.3, 0.4) is 0 Å². The molecule has 1 amide bonds. The minimum Gasteiger partial charge on any atom is -0.504 e. The molecule has 1 unspecified atom stereocenters. The van der Waals surface area contributed by atoms with Crippen molar-refractivity contribution >= 4 is 29.4 Å². The third-order valence-electron chi connectivity index (χ3n) is 2.61. The highest BCUT2D eigenvalue weighted by Crippen LogP contribution is 2.25. The highest BCUT2D eigenvalue weighted by molar-refractivity contribution is 8.06. The fraction of sp³-hybridized carbons (Fsp3) is 0.417. The molecule has 98 valence electrons. The number of phenols is 2. The number of hydrogen-bond donors (Lipinski definition) is 3. The summed E-state index contributed by atoms with van der Waals surface area (Å²) in [7, 11) is 0. The topological polar surface area (TPSA) is 69.6 Å². The lowest BCUT2D eigenvalue weighted by molar-refractivity contribution is 0.0954. The second kappa shape index (κ2) is 6.24. The third kappa shape index (κ3) is 3.49. The number of hydrogen-bond acceptors (Lipinski definition) is 5. The molecule has 0 spiro atoms. The quantitative estimate of drug-likeness (QED) is 0.737. The number of benzene rings is 1. The Morgan fingerprint density at radius 1 is 1.33 bits per heavy atom. The Hall–Kier alpha value is -1.01. The van der Waals surface area contributed by atoms with Gasteiger partial charge in [-0.25, -0.2) is 0 Å². The predicted molar refractivity (Wildman–Crippen MR) is 75.7 cm³/mol. The van der Waals surface area contributed by atoms with Crippen LogP contribution in [0.1, 0.15) is 10.4 Å². The average Bonchev–Trinajstić information content (AvgIpc) is 2.40. The van der Waals surface area contributed by atoms with Gasteiger partial charge in [-0.1, -0.05) is 0 Å². The Balaban J connectivity index is 1.88. The summed E-state index contributed by atoms with van der Waals surface area (Å²) in [4.78, 5) is 11.8. The summed E-state index contributed by atoms with van der Waals surface area (Å²) in [5.74, 6) is 2.66. The van der Waals surface area contributed by atoms with Gasteiger partial charge in [0.05, 0.1) is 0 Å². The van der Waals surface area contributed by atoms with Crippen LogP contribution in [-0.2, 0) is 0 Å². The van der Waals surface area contributed by atoms with Gasteiger partial charge in [0.15, 0.2) is 11.5 Å². The molecule has 1 aromatic carbocycles. The molecule has 1 aliphatic rings. The van der Waals surface area contributed by atoms with Gasteiger partial charge < -0.3 is 15.5 Å². The fourth-order valence-electron chi connectivity index (χ4n) is 1.63. The molecule has 1 fully saturated rings. The van der Waals surface area contributed by atoms with Crippen molar-refractivity contribution in [3.05, 3.63) is 23.8 Å². The minimum atomic E-state index is -0.273. The molecule has 0 aromatic heterocycles. The van der Waals surface area contributed by atoms with E-state index in [1.807, 2.05) is 23.5 Å². The van der Waals surface area contributed by atoms with Crippen molar-refractivity contribution in [2.24, 2.45) is 0 Å². The van der Waals surface area contributed by atoms with Gasteiger partial charge in [0.1, 0.15) is 0 Å². The van der Waals surface area contributed by atoms with Gasteiger partial charge in [-0.3, -0.25) is 4.79 Å². The molecule has 1 heterocycles. The number of carbonyl (C=O) groups is 1. The highest BCUT2D eigenvalue weighted by Gasteiger charge is 2.16. The zero-order valence-electron chi connectivity index (χ0n) is 9.76. The summed E-state index contributed by atoms with van der Waals surface area (Å²) in [6.07, 6.45) is 0. The lowest BCUT2D eigenvalue weighted by Crippen LogP contribution is -2.33. The zero-order chi connectivity index (χ0) is 13.0. The molecule has 18 heavy (non-hydrogen) atoms. The summed E-state index contributed by atoms with van der Waals surface area (Å²) in [6.45, 7) is 0.637. The van der Waals surface area contributed by atoms with Crippen molar-refractivity contribution < 1.29 is 15.0 Å². The van der Waals surface area contributed by atoms with Crippen LogP contribution in [0.15, 0.2) is 18.2 Å². The lowest BCUT2D eigenvalue weighted by Gasteiger charge is -2.21. The molecular formula is C12H15NO3S2. The van der Waals surface area contributed by atoms with Crippen LogP contribution in [0.2, 0.25) is 0 Å². The normalized spacial score (nSPS) is 19.4. The van der Waals surface area contributed by atoms with Crippen LogP contribution < -0.4 is 5.32 Å². The largest absolute Gasteiger partial charge is 0.504 e. The second-order valence-corrected chi connectivity index (χ2v) is 6.54. The number of aromatic hydroxyl groups is 2. The van der Waals surface area contributed by atoms with Gasteiger partial charge in [-0.05, 0) is 18.2 Å². The van der Waals surface area contributed by atoms with E-state index in [4.69, 9.17) is 0 Å². The first-order valence-corrected chi connectivity index (χ1v) is 7.86. The molecule has 0 saturated carbocycles. The molecule has 3 N–H and O–H groups in total. The minimum absolute atomic E-state index is 0.217. The molecule has 0 radical (unpaired) electrons. The summed E-state index contributed by atoms with van der Waals surface area (Å²) >= 11 is 3.79. The van der Waals surface area contributed by atoms with Gasteiger partial charge in [-0.2, -0.15) is 23.5 Å². The van der Waals surface area contributed by atoms with Crippen LogP contribution in [0.5, 0.6) is 11.5 Å². The summed E-state index contributed by atoms with van der Waals surface area (Å²) in [5, 5.41) is 21.8. The summed E-state index contributed by atoms with van der Waals surface area (Å²) in [5.41, 5.74) is 0.360. The number of phenolic OH excluding ortho intramolecular Hbond substituents is 2. The van der Waals surface area contributed by atoms with E-state index in [-0.39, 0.29) is 17.4 Å². The molecule has 1 atom stereocenters. The Bertz CT molecular complexity index is 433. The maximum absolute atomic E-state index is 11.8. The smallest absolute Gasteiger partial charge is 0.251 e. The summed E-state index contributed by atoms with van der Waals surface area (Å²) < 4.78 is 0. The molecule has 1 saturated heterocycles. The van der Waals surface area contributed by atoms with Crippen molar-refractivity contribution in [2.75, 3.05) is 23.8 Å². The van der Waals surface area contributed by atoms with E-state index in [2.05, 4.69) is 5.32 Å². The maximum atomic E-state index is 11.8. The number of nitrogens with one attached hydrogen (secondary N) is 1. The van der Waals surface area contributed by atoms with Gasteiger partial charge >= 0.3 is 0 Å². The van der Waals surface area contributed by atoms with Crippen molar-refractivity contribution in [1.29, 1.82) is 0 Å². The predicted octanol–water partition coefficient (Wildman–Crippen LogP) is 1.68. The standard InChI is InChI=1S/C12H15NO3S2/c14-10-2-1-8(5-11(10)15)12(16)13-6-9-7-17-3-4-18-9/h1-2,5,9,14-15H,3-4,6-7H2,(H,13,16). The molecule has 6 heteroatoms. The first-order valence-electron chi connectivity index (χ1n) is 5.66. The van der Waals surface area contributed by atoms with E-state index in [0.717, 1.165) is 11.5 Å². The van der Waals surface area contributed by atoms with Crippen LogP contribution in [0, 0.1) is 0 Å². The van der Waals surface area contributed by atoms with E-state index >= 15 is 0 Å². The molecule has 2 rings (SSSR count). The first-order chi connectivity index (χ1) is 8.66. The first kappa shape index (κ1) is 13.4. The Kier molecular flexibility index (Phi) is 4.66. The fourth-order valence-corrected chi connectivity index (χ4v) is 4.24. The Labute approximate surface area is 114 Å². The second-order valence-electron chi connectivity index (χ2n) is 3.98. The SMILES string of the molecule is O=C(NCC1CSCCS1)c1ccc(O)c(O)c1. The molecule has 1 aliphatic heterocycles. The van der Waals surface area contributed by atoms with Gasteiger partial charge in [0, 0.05) is 34.6 Å². The monoisotopic (exact) mass is 285 g/mol. The highest BCUT2D eigenvalue weighted by atomic mass is 32.2. The summed E-state index contributed by atoms with van der Waals surface area (Å²) in [6, 6.07) is 4.08. The van der Waals surface area contributed by atoms with Crippen LogP contribution >= 0.6 is 23.5 Å². The van der Waals surface area contributed by atoms with Crippen LogP contribution in [-0.4, -0.2) is 45.2 Å². The molecule has 4 nitrogen and oxygen atoms in total. The van der Waals surface area contributed by atoms with Crippen LogP contribution in [0.25, 0.3) is 0 Å². The number of thioether (sulfide) groups is 2. The van der Waals surface area contributed by atoms with Crippen molar-refractivity contribution in [1.82, 2.24) is 5.32 Å². The molecule has 1 aromatic rings. The van der Waals surface area contributed by atoms with E-state index in [9.17, 15) is 15.0 Å². The van der Waals surface area contributed by atoms with Crippen molar-refractivity contribution in [3.8, 4) is 11.5 Å². The number of rotatable bonds is 3.